The molecule has 1 N–H and O–H groups in total. The van der Waals surface area contributed by atoms with Crippen LogP contribution in [0, 0.1) is 5.92 Å². The molecule has 18 heavy (non-hydrogen) atoms. The van der Waals surface area contributed by atoms with Crippen molar-refractivity contribution in [1.29, 1.82) is 0 Å². The van der Waals surface area contributed by atoms with Crippen LogP contribution < -0.4 is 0 Å². The number of carboxylic acids is 1. The maximum absolute atomic E-state index is 11.5. The molecule has 0 radical (unpaired) electrons. The summed E-state index contributed by atoms with van der Waals surface area (Å²) < 4.78 is 0. The normalized spacial score (nSPS) is 28.4. The van der Waals surface area contributed by atoms with Gasteiger partial charge in [0.2, 0.25) is 0 Å². The Hall–Kier alpha value is -1.35. The van der Waals surface area contributed by atoms with Crippen molar-refractivity contribution in [2.45, 2.75) is 31.2 Å². The molecule has 3 nitrogen and oxygen atoms in total. The number of fused-ring (bicyclic) bond motifs is 2. The Balaban J connectivity index is 1.73. The summed E-state index contributed by atoms with van der Waals surface area (Å²) in [6, 6.07) is 10.3. The molecule has 2 fully saturated rings. The van der Waals surface area contributed by atoms with E-state index < -0.39 is 5.97 Å². The van der Waals surface area contributed by atoms with E-state index in [1.807, 2.05) is 30.3 Å². The van der Waals surface area contributed by atoms with Crippen molar-refractivity contribution in [2.24, 2.45) is 5.92 Å². The first kappa shape index (κ1) is 11.7. The third kappa shape index (κ3) is 2.15. The molecule has 3 rings (SSSR count). The molecule has 3 unspecified atom stereocenters. The predicted octanol–water partition coefficient (Wildman–Crippen LogP) is 2.34. The number of piperidine rings is 1. The van der Waals surface area contributed by atoms with Gasteiger partial charge in [0.05, 0.1) is 5.92 Å². The van der Waals surface area contributed by atoms with Crippen molar-refractivity contribution in [3.63, 3.8) is 0 Å². The molecule has 2 aliphatic rings. The minimum atomic E-state index is -0.705. The highest BCUT2D eigenvalue weighted by Gasteiger charge is 2.39. The molecular formula is C15H19NO2. The summed E-state index contributed by atoms with van der Waals surface area (Å²) in [5.74, 6) is -0.269. The lowest BCUT2D eigenvalue weighted by Gasteiger charge is -2.29. The van der Waals surface area contributed by atoms with Crippen LogP contribution in [-0.4, -0.2) is 35.1 Å². The van der Waals surface area contributed by atoms with Crippen molar-refractivity contribution >= 4 is 5.97 Å². The molecule has 0 amide bonds. The average Bonchev–Trinajstić information content (AvgIpc) is 2.98. The van der Waals surface area contributed by atoms with Gasteiger partial charge < -0.3 is 5.11 Å². The molecule has 1 aliphatic heterocycles. The van der Waals surface area contributed by atoms with Gasteiger partial charge in [-0.2, -0.15) is 0 Å². The highest BCUT2D eigenvalue weighted by Crippen LogP contribution is 2.38. The van der Waals surface area contributed by atoms with Crippen LogP contribution in [0.5, 0.6) is 0 Å². The molecule has 1 saturated heterocycles. The second-order valence-corrected chi connectivity index (χ2v) is 5.59. The molecule has 0 spiro atoms. The van der Waals surface area contributed by atoms with Crippen LogP contribution in [0.4, 0.5) is 0 Å². The van der Waals surface area contributed by atoms with Crippen molar-refractivity contribution in [3.8, 4) is 0 Å². The highest BCUT2D eigenvalue weighted by molar-refractivity contribution is 5.76. The fraction of sp³-hybridized carbons (Fsp3) is 0.533. The Bertz CT molecular complexity index is 431. The Morgan fingerprint density at radius 1 is 1.33 bits per heavy atom. The zero-order valence-electron chi connectivity index (χ0n) is 10.5. The Morgan fingerprint density at radius 3 is 2.67 bits per heavy atom. The number of rotatable bonds is 4. The largest absolute Gasteiger partial charge is 0.481 e. The first-order valence-electron chi connectivity index (χ1n) is 6.76. The van der Waals surface area contributed by atoms with E-state index in [0.717, 1.165) is 18.0 Å². The van der Waals surface area contributed by atoms with Gasteiger partial charge in [-0.3, -0.25) is 9.69 Å². The molecule has 1 saturated carbocycles. The van der Waals surface area contributed by atoms with Gasteiger partial charge in [0, 0.05) is 19.1 Å². The van der Waals surface area contributed by atoms with Crippen LogP contribution in [0.3, 0.4) is 0 Å². The Morgan fingerprint density at radius 2 is 2.11 bits per heavy atom. The highest BCUT2D eigenvalue weighted by atomic mass is 16.4. The van der Waals surface area contributed by atoms with Crippen molar-refractivity contribution in [1.82, 2.24) is 4.90 Å². The topological polar surface area (TPSA) is 40.5 Å². The van der Waals surface area contributed by atoms with E-state index in [4.69, 9.17) is 0 Å². The third-order valence-electron chi connectivity index (χ3n) is 4.44. The monoisotopic (exact) mass is 245 g/mol. The quantitative estimate of drug-likeness (QED) is 0.885. The average molecular weight is 245 g/mol. The van der Waals surface area contributed by atoms with Gasteiger partial charge in [0.25, 0.3) is 0 Å². The molecule has 3 heteroatoms. The number of aliphatic carboxylic acids is 1. The minimum Gasteiger partial charge on any atom is -0.481 e. The SMILES string of the molecule is O=C(O)C(CN1CC2CCC1C2)c1ccccc1. The molecule has 2 bridgehead atoms. The van der Waals surface area contributed by atoms with Crippen molar-refractivity contribution in [2.75, 3.05) is 13.1 Å². The van der Waals surface area contributed by atoms with Crippen LogP contribution in [0.15, 0.2) is 30.3 Å². The van der Waals surface area contributed by atoms with Gasteiger partial charge in [0.1, 0.15) is 0 Å². The summed E-state index contributed by atoms with van der Waals surface area (Å²) in [4.78, 5) is 13.9. The molecule has 1 aliphatic carbocycles. The van der Waals surface area contributed by atoms with Gasteiger partial charge in [-0.1, -0.05) is 30.3 Å². The number of benzene rings is 1. The smallest absolute Gasteiger partial charge is 0.312 e. The fourth-order valence-corrected chi connectivity index (χ4v) is 3.50. The van der Waals surface area contributed by atoms with E-state index >= 15 is 0 Å². The number of hydrogen-bond acceptors (Lipinski definition) is 2. The molecular weight excluding hydrogens is 226 g/mol. The van der Waals surface area contributed by atoms with Crippen molar-refractivity contribution in [3.05, 3.63) is 35.9 Å². The summed E-state index contributed by atoms with van der Waals surface area (Å²) in [7, 11) is 0. The molecule has 3 atom stereocenters. The Kier molecular flexibility index (Phi) is 3.08. The first-order chi connectivity index (χ1) is 8.74. The lowest BCUT2D eigenvalue weighted by molar-refractivity contribution is -0.139. The van der Waals surface area contributed by atoms with E-state index in [1.54, 1.807) is 0 Å². The summed E-state index contributed by atoms with van der Waals surface area (Å²) in [5.41, 5.74) is 0.924. The number of nitrogens with zero attached hydrogens (tertiary/aromatic N) is 1. The van der Waals surface area contributed by atoms with Gasteiger partial charge in [-0.25, -0.2) is 0 Å². The van der Waals surface area contributed by atoms with Crippen LogP contribution in [-0.2, 0) is 4.79 Å². The summed E-state index contributed by atoms with van der Waals surface area (Å²) in [5, 5.41) is 9.43. The van der Waals surface area contributed by atoms with E-state index in [9.17, 15) is 9.90 Å². The van der Waals surface area contributed by atoms with Gasteiger partial charge >= 0.3 is 5.97 Å². The number of carboxylic acid groups (broad SMARTS) is 1. The first-order valence-corrected chi connectivity index (χ1v) is 6.76. The van der Waals surface area contributed by atoms with E-state index in [2.05, 4.69) is 4.90 Å². The number of likely N-dealkylation sites (tertiary alicyclic amines) is 1. The second kappa shape index (κ2) is 4.73. The van der Waals surface area contributed by atoms with Crippen LogP contribution >= 0.6 is 0 Å². The zero-order valence-corrected chi connectivity index (χ0v) is 10.5. The van der Waals surface area contributed by atoms with Crippen LogP contribution in [0.2, 0.25) is 0 Å². The van der Waals surface area contributed by atoms with Crippen molar-refractivity contribution < 1.29 is 9.90 Å². The minimum absolute atomic E-state index is 0.384. The zero-order chi connectivity index (χ0) is 12.5. The summed E-state index contributed by atoms with van der Waals surface area (Å²) in [6.45, 7) is 1.77. The van der Waals surface area contributed by atoms with Gasteiger partial charge in [-0.05, 0) is 30.7 Å². The van der Waals surface area contributed by atoms with Gasteiger partial charge in [-0.15, -0.1) is 0 Å². The second-order valence-electron chi connectivity index (χ2n) is 5.59. The summed E-state index contributed by atoms with van der Waals surface area (Å²) >= 11 is 0. The molecule has 1 aromatic carbocycles. The van der Waals surface area contributed by atoms with Crippen LogP contribution in [0.25, 0.3) is 0 Å². The standard InChI is InChI=1S/C15H19NO2/c17-15(18)14(12-4-2-1-3-5-12)10-16-9-11-6-7-13(16)8-11/h1-5,11,13-14H,6-10H2,(H,17,18). The lowest BCUT2D eigenvalue weighted by atomic mass is 9.97. The number of carbonyl (C=O) groups is 1. The fourth-order valence-electron chi connectivity index (χ4n) is 3.50. The lowest BCUT2D eigenvalue weighted by Crippen LogP contribution is -2.37. The Labute approximate surface area is 107 Å². The number of hydrogen-bond donors (Lipinski definition) is 1. The summed E-state index contributed by atoms with van der Waals surface area (Å²) in [6.07, 6.45) is 3.87. The van der Waals surface area contributed by atoms with E-state index in [1.165, 1.54) is 19.3 Å². The molecule has 96 valence electrons. The maximum atomic E-state index is 11.5. The van der Waals surface area contributed by atoms with E-state index in [0.29, 0.717) is 12.6 Å². The maximum Gasteiger partial charge on any atom is 0.312 e. The van der Waals surface area contributed by atoms with Crippen LogP contribution in [0.1, 0.15) is 30.7 Å². The molecule has 0 aromatic heterocycles. The molecule has 1 heterocycles. The predicted molar refractivity (Wildman–Crippen MR) is 69.5 cm³/mol. The van der Waals surface area contributed by atoms with Gasteiger partial charge in [0.15, 0.2) is 0 Å². The molecule has 1 aromatic rings. The third-order valence-corrected chi connectivity index (χ3v) is 4.44. The van der Waals surface area contributed by atoms with E-state index in [-0.39, 0.29) is 5.92 Å².